The lowest BCUT2D eigenvalue weighted by molar-refractivity contribution is -0.137. The van der Waals surface area contributed by atoms with Crippen molar-refractivity contribution in [1.82, 2.24) is 4.98 Å². The molecule has 3 N–H and O–H groups in total. The minimum absolute atomic E-state index is 0.105. The number of nitrogens with zero attached hydrogens (tertiary/aromatic N) is 1. The van der Waals surface area contributed by atoms with E-state index in [9.17, 15) is 13.2 Å². The maximum Gasteiger partial charge on any atom is 0.416 e. The Hall–Kier alpha value is -1.67. The number of thiazole rings is 1. The Balaban J connectivity index is 2.40. The molecule has 2 rings (SSSR count). The lowest BCUT2D eigenvalue weighted by atomic mass is 10.1. The average molecular weight is 317 g/mol. The summed E-state index contributed by atoms with van der Waals surface area (Å²) >= 11 is 6.15. The summed E-state index contributed by atoms with van der Waals surface area (Å²) in [5.41, 5.74) is 6.07. The molecule has 0 spiro atoms. The van der Waals surface area contributed by atoms with E-state index < -0.39 is 11.7 Å². The molecular weight excluding hydrogens is 307 g/mol. The van der Waals surface area contributed by atoms with E-state index in [1.807, 2.05) is 12.3 Å². The number of rotatable bonds is 3. The number of aromatic nitrogens is 1. The molecule has 1 aromatic carbocycles. The van der Waals surface area contributed by atoms with Gasteiger partial charge in [-0.1, -0.05) is 12.2 Å². The molecule has 0 aliphatic rings. The molecule has 1 heterocycles. The van der Waals surface area contributed by atoms with E-state index in [4.69, 9.17) is 18.0 Å². The van der Waals surface area contributed by atoms with Crippen LogP contribution in [0.4, 0.5) is 24.0 Å². The summed E-state index contributed by atoms with van der Waals surface area (Å²) in [6.45, 7) is 1.82. The lowest BCUT2D eigenvalue weighted by Gasteiger charge is -2.13. The topological polar surface area (TPSA) is 50.9 Å². The Morgan fingerprint density at radius 3 is 2.60 bits per heavy atom. The Bertz CT molecular complexity index is 650. The first kappa shape index (κ1) is 14.7. The fourth-order valence-corrected chi connectivity index (χ4v) is 2.43. The van der Waals surface area contributed by atoms with Gasteiger partial charge in [0, 0.05) is 10.9 Å². The third-order valence-corrected chi connectivity index (χ3v) is 3.57. The zero-order chi connectivity index (χ0) is 14.9. The van der Waals surface area contributed by atoms with Gasteiger partial charge in [-0.05, 0) is 25.1 Å². The minimum Gasteiger partial charge on any atom is -0.389 e. The first-order valence-corrected chi connectivity index (χ1v) is 6.76. The van der Waals surface area contributed by atoms with Crippen molar-refractivity contribution in [2.45, 2.75) is 13.1 Å². The fraction of sp³-hybridized carbons (Fsp3) is 0.167. The zero-order valence-corrected chi connectivity index (χ0v) is 11.9. The van der Waals surface area contributed by atoms with Crippen LogP contribution in [0, 0.1) is 6.92 Å². The van der Waals surface area contributed by atoms with E-state index in [2.05, 4.69) is 10.3 Å². The molecule has 106 valence electrons. The van der Waals surface area contributed by atoms with Crippen molar-refractivity contribution in [3.63, 3.8) is 0 Å². The molecule has 0 saturated carbocycles. The number of nitrogens with one attached hydrogen (secondary N) is 1. The van der Waals surface area contributed by atoms with Crippen molar-refractivity contribution in [2.75, 3.05) is 5.32 Å². The Labute approximate surface area is 122 Å². The third kappa shape index (κ3) is 3.26. The standard InChI is InChI=1S/C12H10F3N3S2/c1-6-5-20-11(17-6)18-9-3-2-7(12(13,14)15)4-8(9)10(16)19/h2-5H,1H3,(H2,16,19)(H,17,18). The van der Waals surface area contributed by atoms with Crippen molar-refractivity contribution in [3.8, 4) is 0 Å². The van der Waals surface area contributed by atoms with E-state index in [0.29, 0.717) is 10.8 Å². The highest BCUT2D eigenvalue weighted by Gasteiger charge is 2.31. The fourth-order valence-electron chi connectivity index (χ4n) is 1.56. The Morgan fingerprint density at radius 1 is 1.40 bits per heavy atom. The summed E-state index contributed by atoms with van der Waals surface area (Å²) in [5, 5.41) is 5.32. The van der Waals surface area contributed by atoms with E-state index in [0.717, 1.165) is 17.8 Å². The largest absolute Gasteiger partial charge is 0.416 e. The summed E-state index contributed by atoms with van der Waals surface area (Å²) < 4.78 is 38.0. The van der Waals surface area contributed by atoms with Gasteiger partial charge in [0.25, 0.3) is 0 Å². The molecule has 0 unspecified atom stereocenters. The second-order valence-corrected chi connectivity index (χ2v) is 5.34. The normalized spacial score (nSPS) is 11.4. The first-order valence-electron chi connectivity index (χ1n) is 5.47. The lowest BCUT2D eigenvalue weighted by Crippen LogP contribution is -2.14. The number of halogens is 3. The summed E-state index contributed by atoms with van der Waals surface area (Å²) in [7, 11) is 0. The van der Waals surface area contributed by atoms with Crippen molar-refractivity contribution in [2.24, 2.45) is 5.73 Å². The monoisotopic (exact) mass is 317 g/mol. The van der Waals surface area contributed by atoms with Gasteiger partial charge in [0.05, 0.1) is 16.9 Å². The SMILES string of the molecule is Cc1csc(Nc2ccc(C(F)(F)F)cc2C(N)=S)n1. The summed E-state index contributed by atoms with van der Waals surface area (Å²) in [6, 6.07) is 3.21. The van der Waals surface area contributed by atoms with Gasteiger partial charge in [-0.2, -0.15) is 13.2 Å². The summed E-state index contributed by atoms with van der Waals surface area (Å²) in [5.74, 6) is 0. The van der Waals surface area contributed by atoms with E-state index in [-0.39, 0.29) is 10.6 Å². The number of aryl methyl sites for hydroxylation is 1. The predicted molar refractivity (Wildman–Crippen MR) is 77.5 cm³/mol. The quantitative estimate of drug-likeness (QED) is 0.844. The van der Waals surface area contributed by atoms with Crippen LogP contribution in [-0.4, -0.2) is 9.97 Å². The van der Waals surface area contributed by atoms with Gasteiger partial charge in [-0.15, -0.1) is 11.3 Å². The highest BCUT2D eigenvalue weighted by atomic mass is 32.1. The molecule has 20 heavy (non-hydrogen) atoms. The molecule has 0 saturated heterocycles. The van der Waals surface area contributed by atoms with Crippen molar-refractivity contribution >= 4 is 39.4 Å². The molecule has 0 amide bonds. The van der Waals surface area contributed by atoms with Crippen LogP contribution in [0.2, 0.25) is 0 Å². The molecule has 0 radical (unpaired) electrons. The van der Waals surface area contributed by atoms with Crippen molar-refractivity contribution in [3.05, 3.63) is 40.4 Å². The van der Waals surface area contributed by atoms with Gasteiger partial charge in [-0.25, -0.2) is 4.98 Å². The number of hydrogen-bond acceptors (Lipinski definition) is 4. The van der Waals surface area contributed by atoms with Crippen LogP contribution in [0.3, 0.4) is 0 Å². The van der Waals surface area contributed by atoms with E-state index >= 15 is 0 Å². The number of thiocarbonyl (C=S) groups is 1. The third-order valence-electron chi connectivity index (χ3n) is 2.47. The maximum absolute atomic E-state index is 12.7. The Morgan fingerprint density at radius 2 is 2.10 bits per heavy atom. The number of alkyl halides is 3. The molecule has 8 heteroatoms. The number of benzene rings is 1. The molecule has 0 aliphatic carbocycles. The number of hydrogen-bond donors (Lipinski definition) is 2. The highest BCUT2D eigenvalue weighted by molar-refractivity contribution is 7.80. The highest BCUT2D eigenvalue weighted by Crippen LogP contribution is 2.33. The van der Waals surface area contributed by atoms with Crippen molar-refractivity contribution < 1.29 is 13.2 Å². The van der Waals surface area contributed by atoms with Crippen LogP contribution in [-0.2, 0) is 6.18 Å². The van der Waals surface area contributed by atoms with Gasteiger partial charge in [0.1, 0.15) is 4.99 Å². The second kappa shape index (κ2) is 5.37. The molecule has 2 aromatic rings. The average Bonchev–Trinajstić information content (AvgIpc) is 2.73. The summed E-state index contributed by atoms with van der Waals surface area (Å²) in [6.07, 6.45) is -4.43. The number of nitrogens with two attached hydrogens (primary N) is 1. The molecule has 0 atom stereocenters. The molecule has 0 fully saturated rings. The molecule has 1 aromatic heterocycles. The smallest absolute Gasteiger partial charge is 0.389 e. The van der Waals surface area contributed by atoms with Crippen LogP contribution in [0.5, 0.6) is 0 Å². The van der Waals surface area contributed by atoms with Crippen LogP contribution in [0.1, 0.15) is 16.8 Å². The molecule has 0 bridgehead atoms. The first-order chi connectivity index (χ1) is 9.27. The second-order valence-electron chi connectivity index (χ2n) is 4.04. The summed E-state index contributed by atoms with van der Waals surface area (Å²) in [4.78, 5) is 4.07. The van der Waals surface area contributed by atoms with Crippen molar-refractivity contribution in [1.29, 1.82) is 0 Å². The van der Waals surface area contributed by atoms with E-state index in [1.165, 1.54) is 17.4 Å². The minimum atomic E-state index is -4.43. The maximum atomic E-state index is 12.7. The molecule has 0 aliphatic heterocycles. The van der Waals surface area contributed by atoms with E-state index in [1.54, 1.807) is 0 Å². The van der Waals surface area contributed by atoms with Gasteiger partial charge in [0.15, 0.2) is 5.13 Å². The zero-order valence-electron chi connectivity index (χ0n) is 10.3. The van der Waals surface area contributed by atoms with Gasteiger partial charge in [-0.3, -0.25) is 0 Å². The van der Waals surface area contributed by atoms with Gasteiger partial charge < -0.3 is 11.1 Å². The predicted octanol–water partition coefficient (Wildman–Crippen LogP) is 3.85. The van der Waals surface area contributed by atoms with Crippen LogP contribution in [0.15, 0.2) is 23.6 Å². The van der Waals surface area contributed by atoms with Gasteiger partial charge in [0.2, 0.25) is 0 Å². The number of anilines is 2. The van der Waals surface area contributed by atoms with Crippen LogP contribution >= 0.6 is 23.6 Å². The molecule has 3 nitrogen and oxygen atoms in total. The van der Waals surface area contributed by atoms with Crippen LogP contribution in [0.25, 0.3) is 0 Å². The Kier molecular flexibility index (Phi) is 3.96. The van der Waals surface area contributed by atoms with Gasteiger partial charge >= 0.3 is 6.18 Å². The van der Waals surface area contributed by atoms with Crippen LogP contribution < -0.4 is 11.1 Å². The molecular formula is C12H10F3N3S2.